The second-order valence-electron chi connectivity index (χ2n) is 5.77. The highest BCUT2D eigenvalue weighted by Crippen LogP contribution is 2.00. The maximum atomic E-state index is 4.67. The quantitative estimate of drug-likeness (QED) is 0.527. The van der Waals surface area contributed by atoms with E-state index in [-0.39, 0.29) is 0 Å². The van der Waals surface area contributed by atoms with Gasteiger partial charge < -0.3 is 15.2 Å². The Kier molecular flexibility index (Phi) is 7.25. The normalized spacial score (nSPS) is 13.0. The molecule has 8 heteroatoms. The third-order valence-electron chi connectivity index (χ3n) is 3.62. The molecular weight excluding hydrogens is 304 g/mol. The van der Waals surface area contributed by atoms with E-state index in [1.165, 1.54) is 0 Å². The zero-order valence-electron chi connectivity index (χ0n) is 14.8. The van der Waals surface area contributed by atoms with Crippen LogP contribution < -0.4 is 10.6 Å². The molecule has 0 bridgehead atoms. The summed E-state index contributed by atoms with van der Waals surface area (Å²) in [5, 5.41) is 18.9. The highest BCUT2D eigenvalue weighted by atomic mass is 15.3. The third-order valence-corrected chi connectivity index (χ3v) is 3.62. The lowest BCUT2D eigenvalue weighted by Crippen LogP contribution is -2.39. The number of guanidine groups is 1. The Morgan fingerprint density at radius 1 is 1.33 bits per heavy atom. The molecule has 0 aliphatic rings. The minimum absolute atomic E-state index is 0.421. The first-order valence-corrected chi connectivity index (χ1v) is 8.59. The summed E-state index contributed by atoms with van der Waals surface area (Å²) in [6.45, 7) is 10.4. The van der Waals surface area contributed by atoms with Crippen molar-refractivity contribution in [1.82, 2.24) is 35.2 Å². The van der Waals surface area contributed by atoms with E-state index in [4.69, 9.17) is 0 Å². The van der Waals surface area contributed by atoms with Crippen molar-refractivity contribution >= 4 is 5.96 Å². The first-order valence-electron chi connectivity index (χ1n) is 8.59. The zero-order chi connectivity index (χ0) is 17.2. The van der Waals surface area contributed by atoms with Gasteiger partial charge in [0, 0.05) is 51.5 Å². The van der Waals surface area contributed by atoms with Crippen LogP contribution in [-0.2, 0) is 19.5 Å². The van der Waals surface area contributed by atoms with Crippen molar-refractivity contribution in [1.29, 1.82) is 0 Å². The number of aryl methyl sites for hydroxylation is 1. The Hall–Kier alpha value is -2.38. The van der Waals surface area contributed by atoms with E-state index in [2.05, 4.69) is 56.3 Å². The molecule has 2 aromatic rings. The first kappa shape index (κ1) is 18.0. The van der Waals surface area contributed by atoms with Gasteiger partial charge in [0.2, 0.25) is 0 Å². The Morgan fingerprint density at radius 2 is 2.21 bits per heavy atom. The molecule has 2 rings (SSSR count). The van der Waals surface area contributed by atoms with E-state index < -0.39 is 0 Å². The molecule has 2 aromatic heterocycles. The van der Waals surface area contributed by atoms with E-state index in [0.717, 1.165) is 50.9 Å². The number of rotatable bonds is 9. The van der Waals surface area contributed by atoms with Gasteiger partial charge in [0.1, 0.15) is 12.2 Å². The fourth-order valence-corrected chi connectivity index (χ4v) is 2.41. The van der Waals surface area contributed by atoms with Crippen LogP contribution in [0.1, 0.15) is 26.6 Å². The van der Waals surface area contributed by atoms with Gasteiger partial charge in [-0.15, -0.1) is 10.2 Å². The average molecular weight is 332 g/mol. The zero-order valence-corrected chi connectivity index (χ0v) is 14.8. The predicted molar refractivity (Wildman–Crippen MR) is 94.8 cm³/mol. The fourth-order valence-electron chi connectivity index (χ4n) is 2.41. The molecule has 8 nitrogen and oxygen atoms in total. The molecule has 2 heterocycles. The van der Waals surface area contributed by atoms with Crippen molar-refractivity contribution in [3.05, 3.63) is 30.6 Å². The predicted octanol–water partition coefficient (Wildman–Crippen LogP) is 0.928. The van der Waals surface area contributed by atoms with Crippen LogP contribution in [0, 0.1) is 5.92 Å². The third kappa shape index (κ3) is 5.68. The van der Waals surface area contributed by atoms with Gasteiger partial charge in [0.05, 0.1) is 0 Å². The number of nitrogens with zero attached hydrogens (tertiary/aromatic N) is 6. The van der Waals surface area contributed by atoms with Crippen LogP contribution in [0.2, 0.25) is 0 Å². The molecule has 2 N–H and O–H groups in total. The first-order chi connectivity index (χ1) is 11.7. The van der Waals surface area contributed by atoms with E-state index in [9.17, 15) is 0 Å². The maximum absolute atomic E-state index is 4.67. The highest BCUT2D eigenvalue weighted by Gasteiger charge is 2.05. The summed E-state index contributed by atoms with van der Waals surface area (Å²) in [4.78, 5) is 4.67. The van der Waals surface area contributed by atoms with Gasteiger partial charge in [-0.2, -0.15) is 5.10 Å². The summed E-state index contributed by atoms with van der Waals surface area (Å²) >= 11 is 0. The molecule has 0 amide bonds. The van der Waals surface area contributed by atoms with Gasteiger partial charge in [0.15, 0.2) is 5.96 Å². The van der Waals surface area contributed by atoms with Crippen molar-refractivity contribution in [2.75, 3.05) is 19.6 Å². The number of hydrogen-bond donors (Lipinski definition) is 2. The molecule has 24 heavy (non-hydrogen) atoms. The van der Waals surface area contributed by atoms with E-state index in [0.29, 0.717) is 5.92 Å². The number of nitrogens with one attached hydrogen (secondary N) is 2. The molecule has 0 saturated carbocycles. The monoisotopic (exact) mass is 332 g/mol. The van der Waals surface area contributed by atoms with Crippen molar-refractivity contribution < 1.29 is 0 Å². The van der Waals surface area contributed by atoms with Crippen LogP contribution in [-0.4, -0.2) is 50.1 Å². The molecule has 0 spiro atoms. The summed E-state index contributed by atoms with van der Waals surface area (Å²) in [6, 6.07) is 1.94. The molecule has 0 fully saturated rings. The van der Waals surface area contributed by atoms with E-state index in [1.807, 2.05) is 16.9 Å². The van der Waals surface area contributed by atoms with Gasteiger partial charge >= 0.3 is 0 Å². The minimum atomic E-state index is 0.421. The Balaban J connectivity index is 1.79. The summed E-state index contributed by atoms with van der Waals surface area (Å²) in [6.07, 6.45) is 6.45. The lowest BCUT2D eigenvalue weighted by molar-refractivity contribution is 0.458. The van der Waals surface area contributed by atoms with Crippen molar-refractivity contribution in [3.63, 3.8) is 0 Å². The SMILES string of the molecule is CCNC(=NCC(C)Cn1cccn1)NCCn1cnnc1CC. The molecule has 1 atom stereocenters. The highest BCUT2D eigenvalue weighted by molar-refractivity contribution is 5.79. The van der Waals surface area contributed by atoms with Crippen LogP contribution in [0.15, 0.2) is 29.8 Å². The lowest BCUT2D eigenvalue weighted by atomic mass is 10.2. The molecule has 0 radical (unpaired) electrons. The minimum Gasteiger partial charge on any atom is -0.357 e. The van der Waals surface area contributed by atoms with Crippen LogP contribution in [0.4, 0.5) is 0 Å². The molecule has 0 saturated heterocycles. The van der Waals surface area contributed by atoms with Gasteiger partial charge in [-0.3, -0.25) is 9.67 Å². The molecule has 0 aliphatic carbocycles. The Labute approximate surface area is 143 Å². The second-order valence-corrected chi connectivity index (χ2v) is 5.77. The fraction of sp³-hybridized carbons (Fsp3) is 0.625. The molecule has 0 aliphatic heterocycles. The summed E-state index contributed by atoms with van der Waals surface area (Å²) in [7, 11) is 0. The lowest BCUT2D eigenvalue weighted by Gasteiger charge is -2.14. The van der Waals surface area contributed by atoms with Crippen LogP contribution in [0.5, 0.6) is 0 Å². The van der Waals surface area contributed by atoms with Gasteiger partial charge in [0.25, 0.3) is 0 Å². The molecule has 1 unspecified atom stereocenters. The smallest absolute Gasteiger partial charge is 0.191 e. The standard InChI is InChI=1S/C16H28N8/c1-4-15-22-20-13-23(15)10-8-18-16(17-5-2)19-11-14(3)12-24-9-6-7-21-24/h6-7,9,13-14H,4-5,8,10-12H2,1-3H3,(H2,17,18,19). The Bertz CT molecular complexity index is 601. The summed E-state index contributed by atoms with van der Waals surface area (Å²) < 4.78 is 4.01. The van der Waals surface area contributed by atoms with E-state index >= 15 is 0 Å². The molecule has 0 aromatic carbocycles. The number of aromatic nitrogens is 5. The van der Waals surface area contributed by atoms with Crippen molar-refractivity contribution in [2.24, 2.45) is 10.9 Å². The number of hydrogen-bond acceptors (Lipinski definition) is 4. The van der Waals surface area contributed by atoms with Crippen LogP contribution in [0.25, 0.3) is 0 Å². The van der Waals surface area contributed by atoms with Crippen LogP contribution >= 0.6 is 0 Å². The van der Waals surface area contributed by atoms with E-state index in [1.54, 1.807) is 12.5 Å². The van der Waals surface area contributed by atoms with Gasteiger partial charge in [-0.1, -0.05) is 13.8 Å². The Morgan fingerprint density at radius 3 is 2.92 bits per heavy atom. The van der Waals surface area contributed by atoms with Gasteiger partial charge in [-0.05, 0) is 18.9 Å². The van der Waals surface area contributed by atoms with Crippen molar-refractivity contribution in [2.45, 2.75) is 40.3 Å². The van der Waals surface area contributed by atoms with Crippen LogP contribution in [0.3, 0.4) is 0 Å². The van der Waals surface area contributed by atoms with Crippen molar-refractivity contribution in [3.8, 4) is 0 Å². The van der Waals surface area contributed by atoms with Gasteiger partial charge in [-0.25, -0.2) is 0 Å². The molecular formula is C16H28N8. The maximum Gasteiger partial charge on any atom is 0.191 e. The number of aliphatic imine (C=N–C) groups is 1. The second kappa shape index (κ2) is 9.69. The largest absolute Gasteiger partial charge is 0.357 e. The summed E-state index contributed by atoms with van der Waals surface area (Å²) in [5.41, 5.74) is 0. The molecule has 132 valence electrons. The average Bonchev–Trinajstić information content (AvgIpc) is 3.24. The summed E-state index contributed by atoms with van der Waals surface area (Å²) in [5.74, 6) is 2.27. The topological polar surface area (TPSA) is 85.0 Å².